The molecule has 0 aliphatic heterocycles. The first-order valence-corrected chi connectivity index (χ1v) is 6.43. The number of aromatic nitrogens is 5. The van der Waals surface area contributed by atoms with Gasteiger partial charge in [0.2, 0.25) is 17.1 Å². The van der Waals surface area contributed by atoms with E-state index < -0.39 is 6.04 Å². The summed E-state index contributed by atoms with van der Waals surface area (Å²) in [5.41, 5.74) is 0. The van der Waals surface area contributed by atoms with Crippen LogP contribution in [0.3, 0.4) is 0 Å². The van der Waals surface area contributed by atoms with Crippen molar-refractivity contribution in [2.24, 2.45) is 0 Å². The van der Waals surface area contributed by atoms with E-state index in [-0.39, 0.29) is 23.1 Å². The number of amides is 1. The van der Waals surface area contributed by atoms with Crippen LogP contribution >= 0.6 is 11.6 Å². The maximum atomic E-state index is 11.7. The minimum absolute atomic E-state index is 0.0242. The third kappa shape index (κ3) is 3.41. The summed E-state index contributed by atoms with van der Waals surface area (Å²) < 4.78 is 1.45. The van der Waals surface area contributed by atoms with Crippen LogP contribution in [-0.2, 0) is 4.79 Å². The Morgan fingerprint density at radius 3 is 2.90 bits per heavy atom. The number of hydrogen-bond acceptors (Lipinski definition) is 6. The molecule has 2 rings (SSSR count). The van der Waals surface area contributed by atoms with Gasteiger partial charge in [0.05, 0.1) is 0 Å². The second kappa shape index (κ2) is 6.29. The number of hydrogen-bond donors (Lipinski definition) is 2. The van der Waals surface area contributed by atoms with E-state index in [2.05, 4.69) is 30.7 Å². The van der Waals surface area contributed by atoms with Crippen molar-refractivity contribution in [2.75, 3.05) is 11.9 Å². The fourth-order valence-electron chi connectivity index (χ4n) is 1.48. The van der Waals surface area contributed by atoms with Gasteiger partial charge in [-0.2, -0.15) is 20.1 Å². The first-order valence-electron chi connectivity index (χ1n) is 6.06. The molecule has 9 heteroatoms. The summed E-state index contributed by atoms with van der Waals surface area (Å²) in [6, 6.07) is 1.25. The van der Waals surface area contributed by atoms with Gasteiger partial charge < -0.3 is 10.6 Å². The summed E-state index contributed by atoms with van der Waals surface area (Å²) in [4.78, 5) is 23.7. The summed E-state index contributed by atoms with van der Waals surface area (Å²) in [6.45, 7) is 4.11. The van der Waals surface area contributed by atoms with Gasteiger partial charge in [0.25, 0.3) is 5.95 Å². The van der Waals surface area contributed by atoms with Crippen LogP contribution in [0.4, 0.5) is 5.95 Å². The van der Waals surface area contributed by atoms with Crippen molar-refractivity contribution in [1.82, 2.24) is 30.0 Å². The molecule has 2 aromatic heterocycles. The van der Waals surface area contributed by atoms with E-state index in [1.807, 2.05) is 6.92 Å². The molecule has 1 amide bonds. The van der Waals surface area contributed by atoms with Gasteiger partial charge >= 0.3 is 0 Å². The SMILES string of the molecule is CCNC(=O)C(C)Nc1nc(Cl)nc(-n2cccn2)n1. The minimum Gasteiger partial charge on any atom is -0.355 e. The van der Waals surface area contributed by atoms with Crippen molar-refractivity contribution in [3.8, 4) is 5.95 Å². The Labute approximate surface area is 120 Å². The van der Waals surface area contributed by atoms with E-state index in [4.69, 9.17) is 11.6 Å². The second-order valence-electron chi connectivity index (χ2n) is 3.94. The quantitative estimate of drug-likeness (QED) is 0.840. The van der Waals surface area contributed by atoms with E-state index >= 15 is 0 Å². The van der Waals surface area contributed by atoms with Crippen LogP contribution < -0.4 is 10.6 Å². The molecule has 20 heavy (non-hydrogen) atoms. The number of halogens is 1. The van der Waals surface area contributed by atoms with Crippen LogP contribution in [0.15, 0.2) is 18.5 Å². The highest BCUT2D eigenvalue weighted by atomic mass is 35.5. The van der Waals surface area contributed by atoms with Crippen molar-refractivity contribution in [1.29, 1.82) is 0 Å². The molecule has 0 aliphatic carbocycles. The van der Waals surface area contributed by atoms with E-state index in [1.54, 1.807) is 25.4 Å². The Morgan fingerprint density at radius 1 is 1.45 bits per heavy atom. The molecule has 0 fully saturated rings. The molecule has 0 aliphatic rings. The van der Waals surface area contributed by atoms with Crippen LogP contribution in [0.1, 0.15) is 13.8 Å². The van der Waals surface area contributed by atoms with Crippen LogP contribution in [0.5, 0.6) is 0 Å². The zero-order valence-corrected chi connectivity index (χ0v) is 11.8. The zero-order chi connectivity index (χ0) is 14.5. The molecule has 0 aromatic carbocycles. The standard InChI is InChI=1S/C11H14ClN7O/c1-3-13-8(20)7(2)15-10-16-9(12)17-11(18-10)19-6-4-5-14-19/h4-7H,3H2,1-2H3,(H,13,20)(H,15,16,17,18). The molecule has 106 valence electrons. The lowest BCUT2D eigenvalue weighted by Gasteiger charge is -2.13. The van der Waals surface area contributed by atoms with E-state index in [0.717, 1.165) is 0 Å². The van der Waals surface area contributed by atoms with E-state index in [0.29, 0.717) is 6.54 Å². The average Bonchev–Trinajstić information content (AvgIpc) is 2.92. The summed E-state index contributed by atoms with van der Waals surface area (Å²) in [6.07, 6.45) is 3.28. The zero-order valence-electron chi connectivity index (χ0n) is 11.0. The summed E-state index contributed by atoms with van der Waals surface area (Å²) in [5, 5.41) is 9.60. The molecule has 2 N–H and O–H groups in total. The Kier molecular flexibility index (Phi) is 4.46. The third-order valence-electron chi connectivity index (χ3n) is 2.40. The first-order chi connectivity index (χ1) is 9.60. The molecular weight excluding hydrogens is 282 g/mol. The Hall–Kier alpha value is -2.22. The number of likely N-dealkylation sites (N-methyl/N-ethyl adjacent to an activating group) is 1. The third-order valence-corrected chi connectivity index (χ3v) is 2.56. The van der Waals surface area contributed by atoms with Gasteiger partial charge in [-0.15, -0.1) is 0 Å². The molecule has 1 atom stereocenters. The smallest absolute Gasteiger partial charge is 0.256 e. The highest BCUT2D eigenvalue weighted by Gasteiger charge is 2.14. The molecule has 0 saturated carbocycles. The average molecular weight is 296 g/mol. The molecule has 0 saturated heterocycles. The van der Waals surface area contributed by atoms with E-state index in [1.165, 1.54) is 4.68 Å². The van der Waals surface area contributed by atoms with Gasteiger partial charge in [0, 0.05) is 18.9 Å². The van der Waals surface area contributed by atoms with Gasteiger partial charge in [-0.1, -0.05) is 0 Å². The van der Waals surface area contributed by atoms with Crippen LogP contribution in [0.2, 0.25) is 5.28 Å². The van der Waals surface area contributed by atoms with Crippen molar-refractivity contribution in [3.63, 3.8) is 0 Å². The number of carbonyl (C=O) groups is 1. The number of carbonyl (C=O) groups excluding carboxylic acids is 1. The lowest BCUT2D eigenvalue weighted by molar-refractivity contribution is -0.121. The highest BCUT2D eigenvalue weighted by molar-refractivity contribution is 6.28. The predicted octanol–water partition coefficient (Wildman–Crippen LogP) is 0.647. The van der Waals surface area contributed by atoms with Gasteiger partial charge in [-0.05, 0) is 31.5 Å². The molecule has 0 spiro atoms. The summed E-state index contributed by atoms with van der Waals surface area (Å²) in [5.74, 6) is 0.347. The number of rotatable bonds is 5. The molecule has 2 heterocycles. The molecular formula is C11H14ClN7O. The van der Waals surface area contributed by atoms with Gasteiger partial charge in [0.15, 0.2) is 0 Å². The molecule has 1 unspecified atom stereocenters. The number of anilines is 1. The monoisotopic (exact) mass is 295 g/mol. The Morgan fingerprint density at radius 2 is 2.25 bits per heavy atom. The second-order valence-corrected chi connectivity index (χ2v) is 4.28. The van der Waals surface area contributed by atoms with Crippen molar-refractivity contribution in [2.45, 2.75) is 19.9 Å². The highest BCUT2D eigenvalue weighted by Crippen LogP contribution is 2.09. The van der Waals surface area contributed by atoms with Gasteiger partial charge in [-0.25, -0.2) is 4.68 Å². The maximum Gasteiger partial charge on any atom is 0.256 e. The fourth-order valence-corrected chi connectivity index (χ4v) is 1.64. The lowest BCUT2D eigenvalue weighted by Crippen LogP contribution is -2.37. The first kappa shape index (κ1) is 14.2. The van der Waals surface area contributed by atoms with Crippen LogP contribution in [0, 0.1) is 0 Å². The van der Waals surface area contributed by atoms with Crippen molar-refractivity contribution >= 4 is 23.5 Å². The maximum absolute atomic E-state index is 11.7. The largest absolute Gasteiger partial charge is 0.355 e. The fraction of sp³-hybridized carbons (Fsp3) is 0.364. The molecule has 0 radical (unpaired) electrons. The van der Waals surface area contributed by atoms with Crippen molar-refractivity contribution < 1.29 is 4.79 Å². The van der Waals surface area contributed by atoms with Gasteiger partial charge in [-0.3, -0.25) is 4.79 Å². The van der Waals surface area contributed by atoms with E-state index in [9.17, 15) is 4.79 Å². The predicted molar refractivity (Wildman–Crippen MR) is 73.7 cm³/mol. The topological polar surface area (TPSA) is 97.6 Å². The lowest BCUT2D eigenvalue weighted by atomic mass is 10.3. The van der Waals surface area contributed by atoms with Crippen LogP contribution in [0.25, 0.3) is 5.95 Å². The number of nitrogens with one attached hydrogen (secondary N) is 2. The summed E-state index contributed by atoms with van der Waals surface area (Å²) in [7, 11) is 0. The summed E-state index contributed by atoms with van der Waals surface area (Å²) >= 11 is 5.85. The molecule has 8 nitrogen and oxygen atoms in total. The Balaban J connectivity index is 2.18. The normalized spacial score (nSPS) is 11.9. The molecule has 0 bridgehead atoms. The van der Waals surface area contributed by atoms with Crippen molar-refractivity contribution in [3.05, 3.63) is 23.7 Å². The van der Waals surface area contributed by atoms with Crippen LogP contribution in [-0.4, -0.2) is 43.2 Å². The Bertz CT molecular complexity index is 586. The minimum atomic E-state index is -0.487. The number of nitrogens with zero attached hydrogens (tertiary/aromatic N) is 5. The van der Waals surface area contributed by atoms with Gasteiger partial charge in [0.1, 0.15) is 6.04 Å². The molecule has 2 aromatic rings.